The molecule has 2 aromatic carbocycles. The molecule has 2 aromatic rings. The van der Waals surface area contributed by atoms with Crippen LogP contribution in [0.5, 0.6) is 0 Å². The second kappa shape index (κ2) is 8.24. The van der Waals surface area contributed by atoms with E-state index in [0.29, 0.717) is 17.5 Å². The van der Waals surface area contributed by atoms with E-state index in [-0.39, 0.29) is 12.0 Å². The number of carboxylic acid groups (broad SMARTS) is 1. The second-order valence-electron chi connectivity index (χ2n) is 7.45. The van der Waals surface area contributed by atoms with Crippen molar-refractivity contribution < 1.29 is 9.90 Å². The highest BCUT2D eigenvalue weighted by molar-refractivity contribution is 6.30. The predicted octanol–water partition coefficient (Wildman–Crippen LogP) is 5.35. The molecule has 3 rings (SSSR count). The molecule has 0 saturated carbocycles. The number of benzene rings is 2. The molecular formula is C22H26ClNO2. The van der Waals surface area contributed by atoms with Crippen LogP contribution in [0.2, 0.25) is 5.02 Å². The third-order valence-corrected chi connectivity index (χ3v) is 5.49. The van der Waals surface area contributed by atoms with Gasteiger partial charge in [-0.3, -0.25) is 9.69 Å². The fourth-order valence-corrected chi connectivity index (χ4v) is 4.00. The maximum atomic E-state index is 11.5. The molecule has 1 fully saturated rings. The minimum absolute atomic E-state index is 0.0251. The largest absolute Gasteiger partial charge is 0.481 e. The number of hydrogen-bond donors (Lipinski definition) is 1. The zero-order chi connectivity index (χ0) is 18.7. The molecule has 2 unspecified atom stereocenters. The quantitative estimate of drug-likeness (QED) is 0.770. The van der Waals surface area contributed by atoms with Gasteiger partial charge in [-0.05, 0) is 54.1 Å². The van der Waals surface area contributed by atoms with Crippen LogP contribution >= 0.6 is 11.6 Å². The van der Waals surface area contributed by atoms with Gasteiger partial charge in [0.2, 0.25) is 0 Å². The maximum absolute atomic E-state index is 11.5. The summed E-state index contributed by atoms with van der Waals surface area (Å²) in [4.78, 5) is 13.8. The van der Waals surface area contributed by atoms with Crippen LogP contribution in [0.1, 0.15) is 55.3 Å². The van der Waals surface area contributed by atoms with Crippen LogP contribution < -0.4 is 0 Å². The molecule has 1 saturated heterocycles. The highest BCUT2D eigenvalue weighted by Crippen LogP contribution is 2.34. The monoisotopic (exact) mass is 371 g/mol. The van der Waals surface area contributed by atoms with Crippen LogP contribution in [-0.4, -0.2) is 29.1 Å². The summed E-state index contributed by atoms with van der Waals surface area (Å²) in [6.07, 6.45) is 1.65. The number of hydrogen-bond acceptors (Lipinski definition) is 2. The Hall–Kier alpha value is -1.84. The Bertz CT molecular complexity index is 757. The van der Waals surface area contributed by atoms with Crippen molar-refractivity contribution in [2.45, 2.75) is 38.6 Å². The average molecular weight is 372 g/mol. The third-order valence-electron chi connectivity index (χ3n) is 5.25. The molecule has 4 heteroatoms. The lowest BCUT2D eigenvalue weighted by Gasteiger charge is -2.37. The second-order valence-corrected chi connectivity index (χ2v) is 7.89. The minimum Gasteiger partial charge on any atom is -0.481 e. The molecule has 26 heavy (non-hydrogen) atoms. The highest BCUT2D eigenvalue weighted by atomic mass is 35.5. The van der Waals surface area contributed by atoms with E-state index < -0.39 is 5.97 Å². The molecule has 1 N–H and O–H groups in total. The number of nitrogens with zero attached hydrogens (tertiary/aromatic N) is 1. The lowest BCUT2D eigenvalue weighted by Crippen LogP contribution is -2.41. The molecule has 0 bridgehead atoms. The molecule has 2 atom stereocenters. The van der Waals surface area contributed by atoms with Crippen LogP contribution in [0.25, 0.3) is 0 Å². The SMILES string of the molecule is CC(C)c1ccc(C(c2cccc(Cl)c2)N2CCCC(C(=O)O)C2)cc1. The van der Waals surface area contributed by atoms with Crippen LogP contribution in [-0.2, 0) is 4.79 Å². The smallest absolute Gasteiger partial charge is 0.307 e. The minimum atomic E-state index is -0.699. The molecule has 0 spiro atoms. The van der Waals surface area contributed by atoms with E-state index in [1.807, 2.05) is 18.2 Å². The maximum Gasteiger partial charge on any atom is 0.307 e. The summed E-state index contributed by atoms with van der Waals surface area (Å²) in [7, 11) is 0. The van der Waals surface area contributed by atoms with E-state index in [9.17, 15) is 9.90 Å². The summed E-state index contributed by atoms with van der Waals surface area (Å²) in [5.74, 6) is -0.518. The number of carbonyl (C=O) groups is 1. The zero-order valence-corrected chi connectivity index (χ0v) is 16.1. The van der Waals surface area contributed by atoms with Crippen LogP contribution in [0.15, 0.2) is 48.5 Å². The summed E-state index contributed by atoms with van der Waals surface area (Å²) < 4.78 is 0. The first kappa shape index (κ1) is 18.9. The number of piperidine rings is 1. The molecule has 138 valence electrons. The van der Waals surface area contributed by atoms with Gasteiger partial charge in [0.25, 0.3) is 0 Å². The Balaban J connectivity index is 1.97. The Morgan fingerprint density at radius 1 is 1.12 bits per heavy atom. The Labute approximate surface area is 160 Å². The van der Waals surface area contributed by atoms with E-state index in [4.69, 9.17) is 11.6 Å². The fourth-order valence-electron chi connectivity index (χ4n) is 3.80. The molecular weight excluding hydrogens is 346 g/mol. The van der Waals surface area contributed by atoms with Gasteiger partial charge in [0, 0.05) is 11.6 Å². The molecule has 0 radical (unpaired) electrons. The van der Waals surface area contributed by atoms with Gasteiger partial charge in [-0.2, -0.15) is 0 Å². The lowest BCUT2D eigenvalue weighted by atomic mass is 9.90. The standard InChI is InChI=1S/C22H26ClNO2/c1-15(2)16-8-10-17(11-9-16)21(18-5-3-7-20(23)13-18)24-12-4-6-19(14-24)22(25)26/h3,5,7-11,13,15,19,21H,4,6,12,14H2,1-2H3,(H,25,26). The van der Waals surface area contributed by atoms with Gasteiger partial charge >= 0.3 is 5.97 Å². The van der Waals surface area contributed by atoms with Gasteiger partial charge < -0.3 is 5.11 Å². The molecule has 1 aliphatic rings. The average Bonchev–Trinajstić information content (AvgIpc) is 2.63. The van der Waals surface area contributed by atoms with Gasteiger partial charge in [-0.25, -0.2) is 0 Å². The van der Waals surface area contributed by atoms with Crippen LogP contribution in [0, 0.1) is 5.92 Å². The molecule has 0 aliphatic carbocycles. The Morgan fingerprint density at radius 3 is 2.42 bits per heavy atom. The van der Waals surface area contributed by atoms with Crippen molar-refractivity contribution in [1.29, 1.82) is 0 Å². The van der Waals surface area contributed by atoms with Gasteiger partial charge in [-0.1, -0.05) is 61.8 Å². The molecule has 1 aliphatic heterocycles. The number of aliphatic carboxylic acids is 1. The first-order valence-corrected chi connectivity index (χ1v) is 9.65. The summed E-state index contributed by atoms with van der Waals surface area (Å²) in [6.45, 7) is 5.84. The molecule has 3 nitrogen and oxygen atoms in total. The van der Waals surface area contributed by atoms with E-state index >= 15 is 0 Å². The van der Waals surface area contributed by atoms with Gasteiger partial charge in [0.15, 0.2) is 0 Å². The zero-order valence-electron chi connectivity index (χ0n) is 15.4. The van der Waals surface area contributed by atoms with E-state index in [1.165, 1.54) is 11.1 Å². The number of likely N-dealkylation sites (tertiary alicyclic amines) is 1. The lowest BCUT2D eigenvalue weighted by molar-refractivity contribution is -0.143. The van der Waals surface area contributed by atoms with Crippen molar-refractivity contribution in [3.63, 3.8) is 0 Å². The van der Waals surface area contributed by atoms with Crippen molar-refractivity contribution in [3.8, 4) is 0 Å². The topological polar surface area (TPSA) is 40.5 Å². The van der Waals surface area contributed by atoms with E-state index in [2.05, 4.69) is 49.1 Å². The summed E-state index contributed by atoms with van der Waals surface area (Å²) in [6, 6.07) is 16.6. The normalized spacial score (nSPS) is 19.5. The summed E-state index contributed by atoms with van der Waals surface area (Å²) in [5, 5.41) is 10.2. The van der Waals surface area contributed by atoms with Crippen molar-refractivity contribution in [2.75, 3.05) is 13.1 Å². The number of rotatable bonds is 5. The number of carboxylic acids is 1. The molecule has 1 heterocycles. The van der Waals surface area contributed by atoms with Crippen molar-refractivity contribution in [3.05, 3.63) is 70.2 Å². The summed E-state index contributed by atoms with van der Waals surface area (Å²) in [5.41, 5.74) is 3.60. The predicted molar refractivity (Wildman–Crippen MR) is 106 cm³/mol. The first-order chi connectivity index (χ1) is 12.5. The molecule has 0 amide bonds. The first-order valence-electron chi connectivity index (χ1n) is 9.28. The van der Waals surface area contributed by atoms with Crippen molar-refractivity contribution >= 4 is 17.6 Å². The van der Waals surface area contributed by atoms with Gasteiger partial charge in [0.1, 0.15) is 0 Å². The van der Waals surface area contributed by atoms with Gasteiger partial charge in [0.05, 0.1) is 12.0 Å². The van der Waals surface area contributed by atoms with E-state index in [0.717, 1.165) is 24.9 Å². The molecule has 0 aromatic heterocycles. The van der Waals surface area contributed by atoms with Crippen molar-refractivity contribution in [1.82, 2.24) is 4.90 Å². The van der Waals surface area contributed by atoms with E-state index in [1.54, 1.807) is 0 Å². The highest BCUT2D eigenvalue weighted by Gasteiger charge is 2.31. The number of halogens is 1. The van der Waals surface area contributed by atoms with Crippen LogP contribution in [0.3, 0.4) is 0 Å². The Morgan fingerprint density at radius 2 is 1.81 bits per heavy atom. The Kier molecular flexibility index (Phi) is 6.00. The summed E-state index contributed by atoms with van der Waals surface area (Å²) >= 11 is 6.25. The third kappa shape index (κ3) is 4.28. The van der Waals surface area contributed by atoms with Crippen LogP contribution in [0.4, 0.5) is 0 Å². The van der Waals surface area contributed by atoms with Gasteiger partial charge in [-0.15, -0.1) is 0 Å². The van der Waals surface area contributed by atoms with Crippen molar-refractivity contribution in [2.24, 2.45) is 5.92 Å². The fraction of sp³-hybridized carbons (Fsp3) is 0.409.